The summed E-state index contributed by atoms with van der Waals surface area (Å²) in [5, 5.41) is 2.81. The Kier molecular flexibility index (Phi) is 6.95. The molecule has 1 aliphatic heterocycles. The van der Waals surface area contributed by atoms with Gasteiger partial charge in [-0.15, -0.1) is 0 Å². The first kappa shape index (κ1) is 22.3. The SMILES string of the molecule is CCCOc1ccc(NC(=O)C[C@@H]2C(=O)N(c3ccc(C)cc3)C(=O)N2C(C)C)cc1. The van der Waals surface area contributed by atoms with E-state index in [4.69, 9.17) is 4.74 Å². The summed E-state index contributed by atoms with van der Waals surface area (Å²) in [6.45, 7) is 8.27. The maximum absolute atomic E-state index is 13.1. The highest BCUT2D eigenvalue weighted by atomic mass is 16.5. The van der Waals surface area contributed by atoms with Crippen molar-refractivity contribution in [3.05, 3.63) is 54.1 Å². The van der Waals surface area contributed by atoms with Crippen LogP contribution in [0.25, 0.3) is 0 Å². The van der Waals surface area contributed by atoms with E-state index in [2.05, 4.69) is 5.32 Å². The summed E-state index contributed by atoms with van der Waals surface area (Å²) in [5.41, 5.74) is 2.15. The first-order valence-corrected chi connectivity index (χ1v) is 10.6. The number of amides is 4. The smallest absolute Gasteiger partial charge is 0.332 e. The molecule has 4 amide bonds. The Hall–Kier alpha value is -3.35. The standard InChI is InChI=1S/C24H29N3O4/c1-5-14-31-20-12-8-18(9-13-20)25-22(28)15-21-23(29)27(24(30)26(21)16(2)3)19-10-6-17(4)7-11-19/h6-13,16,21H,5,14-15H2,1-4H3,(H,25,28)/t21-/m1/s1. The second-order valence-corrected chi connectivity index (χ2v) is 7.93. The van der Waals surface area contributed by atoms with Crippen molar-refractivity contribution in [1.29, 1.82) is 0 Å². The van der Waals surface area contributed by atoms with Gasteiger partial charge in [0.15, 0.2) is 0 Å². The average molecular weight is 424 g/mol. The average Bonchev–Trinajstić information content (AvgIpc) is 2.98. The normalized spacial score (nSPS) is 16.2. The molecule has 164 valence electrons. The number of carbonyl (C=O) groups is 3. The molecule has 7 heteroatoms. The number of imide groups is 1. The minimum absolute atomic E-state index is 0.112. The molecule has 0 unspecified atom stereocenters. The van der Waals surface area contributed by atoms with Crippen molar-refractivity contribution in [3.8, 4) is 5.75 Å². The van der Waals surface area contributed by atoms with Gasteiger partial charge in [0.25, 0.3) is 5.91 Å². The summed E-state index contributed by atoms with van der Waals surface area (Å²) in [7, 11) is 0. The highest BCUT2D eigenvalue weighted by Crippen LogP contribution is 2.29. The van der Waals surface area contributed by atoms with Gasteiger partial charge in [-0.05, 0) is 63.6 Å². The summed E-state index contributed by atoms with van der Waals surface area (Å²) in [6, 6.07) is 12.8. The van der Waals surface area contributed by atoms with Crippen LogP contribution in [0.2, 0.25) is 0 Å². The molecule has 2 aromatic carbocycles. The minimum Gasteiger partial charge on any atom is -0.494 e. The van der Waals surface area contributed by atoms with Crippen LogP contribution in [-0.2, 0) is 9.59 Å². The molecule has 0 radical (unpaired) electrons. The molecular formula is C24H29N3O4. The monoisotopic (exact) mass is 423 g/mol. The van der Waals surface area contributed by atoms with Crippen molar-refractivity contribution in [3.63, 3.8) is 0 Å². The largest absolute Gasteiger partial charge is 0.494 e. The number of urea groups is 1. The van der Waals surface area contributed by atoms with Crippen LogP contribution in [0.5, 0.6) is 5.75 Å². The fourth-order valence-corrected chi connectivity index (χ4v) is 3.55. The zero-order valence-electron chi connectivity index (χ0n) is 18.4. The molecule has 1 N–H and O–H groups in total. The van der Waals surface area contributed by atoms with E-state index in [0.717, 1.165) is 22.6 Å². The Morgan fingerprint density at radius 3 is 2.29 bits per heavy atom. The molecule has 1 fully saturated rings. The lowest BCUT2D eigenvalue weighted by atomic mass is 10.1. The van der Waals surface area contributed by atoms with E-state index in [1.165, 1.54) is 4.90 Å². The van der Waals surface area contributed by atoms with Crippen molar-refractivity contribution in [1.82, 2.24) is 4.90 Å². The Morgan fingerprint density at radius 1 is 1.06 bits per heavy atom. The number of nitrogens with one attached hydrogen (secondary N) is 1. The highest BCUT2D eigenvalue weighted by Gasteiger charge is 2.47. The van der Waals surface area contributed by atoms with E-state index >= 15 is 0 Å². The van der Waals surface area contributed by atoms with Gasteiger partial charge in [0.2, 0.25) is 5.91 Å². The molecule has 0 aliphatic carbocycles. The lowest BCUT2D eigenvalue weighted by Gasteiger charge is -2.25. The molecular weight excluding hydrogens is 394 g/mol. The van der Waals surface area contributed by atoms with Crippen LogP contribution in [0, 0.1) is 6.92 Å². The highest BCUT2D eigenvalue weighted by molar-refractivity contribution is 6.22. The van der Waals surface area contributed by atoms with Gasteiger partial charge in [0.1, 0.15) is 11.8 Å². The van der Waals surface area contributed by atoms with Crippen molar-refractivity contribution >= 4 is 29.2 Å². The summed E-state index contributed by atoms with van der Waals surface area (Å²) in [6.07, 6.45) is 0.803. The second-order valence-electron chi connectivity index (χ2n) is 7.93. The lowest BCUT2D eigenvalue weighted by Crippen LogP contribution is -2.42. The second kappa shape index (κ2) is 9.64. The molecule has 1 saturated heterocycles. The number of aryl methyl sites for hydroxylation is 1. The Labute approximate surface area is 183 Å². The first-order chi connectivity index (χ1) is 14.8. The van der Waals surface area contributed by atoms with Crippen LogP contribution < -0.4 is 15.0 Å². The molecule has 0 bridgehead atoms. The molecule has 0 aromatic heterocycles. The molecule has 0 saturated carbocycles. The quantitative estimate of drug-likeness (QED) is 0.640. The van der Waals surface area contributed by atoms with Crippen molar-refractivity contribution in [2.75, 3.05) is 16.8 Å². The molecule has 0 spiro atoms. The van der Waals surface area contributed by atoms with E-state index in [9.17, 15) is 14.4 Å². The van der Waals surface area contributed by atoms with Crippen LogP contribution >= 0.6 is 0 Å². The number of hydrogen-bond donors (Lipinski definition) is 1. The van der Waals surface area contributed by atoms with Gasteiger partial charge in [0.05, 0.1) is 18.7 Å². The lowest BCUT2D eigenvalue weighted by molar-refractivity contribution is -0.124. The van der Waals surface area contributed by atoms with Crippen LogP contribution in [0.3, 0.4) is 0 Å². The Balaban J connectivity index is 1.72. The van der Waals surface area contributed by atoms with E-state index < -0.39 is 12.1 Å². The van der Waals surface area contributed by atoms with Gasteiger partial charge in [-0.2, -0.15) is 0 Å². The van der Waals surface area contributed by atoms with Gasteiger partial charge in [-0.25, -0.2) is 9.69 Å². The molecule has 1 aliphatic rings. The number of nitrogens with zero attached hydrogens (tertiary/aromatic N) is 2. The Morgan fingerprint density at radius 2 is 1.71 bits per heavy atom. The third-order valence-corrected chi connectivity index (χ3v) is 5.09. The topological polar surface area (TPSA) is 79.0 Å². The maximum Gasteiger partial charge on any atom is 0.332 e. The zero-order valence-corrected chi connectivity index (χ0v) is 18.4. The van der Waals surface area contributed by atoms with Crippen LogP contribution in [0.4, 0.5) is 16.2 Å². The maximum atomic E-state index is 13.1. The zero-order chi connectivity index (χ0) is 22.5. The number of ether oxygens (including phenoxy) is 1. The molecule has 1 atom stereocenters. The minimum atomic E-state index is -0.846. The number of rotatable bonds is 8. The van der Waals surface area contributed by atoms with Crippen LogP contribution in [0.15, 0.2) is 48.5 Å². The number of hydrogen-bond acceptors (Lipinski definition) is 4. The first-order valence-electron chi connectivity index (χ1n) is 10.6. The molecule has 1 heterocycles. The third-order valence-electron chi connectivity index (χ3n) is 5.09. The Bertz CT molecular complexity index is 938. The fourth-order valence-electron chi connectivity index (χ4n) is 3.55. The summed E-state index contributed by atoms with van der Waals surface area (Å²) in [4.78, 5) is 41.4. The van der Waals surface area contributed by atoms with E-state index in [0.29, 0.717) is 18.0 Å². The number of carbonyl (C=O) groups excluding carboxylic acids is 3. The van der Waals surface area contributed by atoms with Gasteiger partial charge < -0.3 is 15.0 Å². The van der Waals surface area contributed by atoms with Gasteiger partial charge in [-0.3, -0.25) is 9.59 Å². The summed E-state index contributed by atoms with van der Waals surface area (Å²) in [5.74, 6) is 0.0157. The number of benzene rings is 2. The number of anilines is 2. The van der Waals surface area contributed by atoms with Crippen LogP contribution in [0.1, 0.15) is 39.2 Å². The van der Waals surface area contributed by atoms with Crippen molar-refractivity contribution in [2.45, 2.75) is 52.6 Å². The van der Waals surface area contributed by atoms with Crippen LogP contribution in [-0.4, -0.2) is 41.4 Å². The molecule has 31 heavy (non-hydrogen) atoms. The van der Waals surface area contributed by atoms with E-state index in [1.807, 2.05) is 39.8 Å². The third kappa shape index (κ3) is 5.05. The predicted octanol–water partition coefficient (Wildman–Crippen LogP) is 4.36. The summed E-state index contributed by atoms with van der Waals surface area (Å²) < 4.78 is 5.54. The predicted molar refractivity (Wildman–Crippen MR) is 120 cm³/mol. The van der Waals surface area contributed by atoms with E-state index in [-0.39, 0.29) is 24.3 Å². The van der Waals surface area contributed by atoms with Gasteiger partial charge in [-0.1, -0.05) is 24.6 Å². The fraction of sp³-hybridized carbons (Fsp3) is 0.375. The van der Waals surface area contributed by atoms with Crippen molar-refractivity contribution < 1.29 is 19.1 Å². The molecule has 2 aromatic rings. The van der Waals surface area contributed by atoms with Gasteiger partial charge >= 0.3 is 6.03 Å². The molecule has 7 nitrogen and oxygen atoms in total. The van der Waals surface area contributed by atoms with Gasteiger partial charge in [0, 0.05) is 11.7 Å². The van der Waals surface area contributed by atoms with Crippen molar-refractivity contribution in [2.24, 2.45) is 0 Å². The summed E-state index contributed by atoms with van der Waals surface area (Å²) >= 11 is 0. The van der Waals surface area contributed by atoms with E-state index in [1.54, 1.807) is 36.4 Å². The molecule has 3 rings (SSSR count).